The normalized spacial score (nSPS) is 12.6. The van der Waals surface area contributed by atoms with Gasteiger partial charge in [0.1, 0.15) is 11.9 Å². The van der Waals surface area contributed by atoms with E-state index in [1.165, 1.54) is 13.2 Å². The van der Waals surface area contributed by atoms with Crippen molar-refractivity contribution in [1.29, 1.82) is 0 Å². The van der Waals surface area contributed by atoms with Crippen LogP contribution >= 0.6 is 11.6 Å². The van der Waals surface area contributed by atoms with Crippen molar-refractivity contribution in [3.63, 3.8) is 0 Å². The van der Waals surface area contributed by atoms with Gasteiger partial charge in [-0.3, -0.25) is 0 Å². The van der Waals surface area contributed by atoms with Crippen LogP contribution < -0.4 is 5.73 Å². The highest BCUT2D eigenvalue weighted by Crippen LogP contribution is 2.20. The molecule has 7 heteroatoms. The van der Waals surface area contributed by atoms with Crippen LogP contribution in [0.1, 0.15) is 23.4 Å². The molecular weight excluding hydrogens is 273 g/mol. The first-order valence-electron chi connectivity index (χ1n) is 5.64. The van der Waals surface area contributed by atoms with Crippen molar-refractivity contribution in [3.05, 3.63) is 46.3 Å². The Labute approximate surface area is 114 Å². The lowest BCUT2D eigenvalue weighted by molar-refractivity contribution is 0.0804. The lowest BCUT2D eigenvalue weighted by atomic mass is 10.1. The van der Waals surface area contributed by atoms with Gasteiger partial charge in [-0.2, -0.15) is 4.98 Å². The summed E-state index contributed by atoms with van der Waals surface area (Å²) in [5.74, 6) is 0.159. The van der Waals surface area contributed by atoms with Gasteiger partial charge in [-0.15, -0.1) is 0 Å². The minimum atomic E-state index is -0.474. The van der Waals surface area contributed by atoms with Crippen LogP contribution in [0.15, 0.2) is 22.7 Å². The van der Waals surface area contributed by atoms with Crippen molar-refractivity contribution < 1.29 is 13.7 Å². The van der Waals surface area contributed by atoms with E-state index in [2.05, 4.69) is 10.1 Å². The highest BCUT2D eigenvalue weighted by Gasteiger charge is 2.18. The Hall–Kier alpha value is -1.50. The van der Waals surface area contributed by atoms with Gasteiger partial charge < -0.3 is 15.0 Å². The molecule has 2 aromatic rings. The molecule has 0 spiro atoms. The van der Waals surface area contributed by atoms with Gasteiger partial charge in [0, 0.05) is 20.1 Å². The second-order valence-corrected chi connectivity index (χ2v) is 4.31. The van der Waals surface area contributed by atoms with E-state index in [9.17, 15) is 4.39 Å². The van der Waals surface area contributed by atoms with Crippen LogP contribution in [0.25, 0.3) is 0 Å². The van der Waals surface area contributed by atoms with E-state index < -0.39 is 11.9 Å². The highest BCUT2D eigenvalue weighted by atomic mass is 35.5. The van der Waals surface area contributed by atoms with Crippen LogP contribution in [0.3, 0.4) is 0 Å². The quantitative estimate of drug-likeness (QED) is 0.910. The number of hydrogen-bond donors (Lipinski definition) is 1. The van der Waals surface area contributed by atoms with Gasteiger partial charge in [0.25, 0.3) is 5.89 Å². The summed E-state index contributed by atoms with van der Waals surface area (Å²) >= 11 is 5.70. The monoisotopic (exact) mass is 285 g/mol. The lowest BCUT2D eigenvalue weighted by Crippen LogP contribution is -2.14. The molecule has 0 radical (unpaired) electrons. The van der Waals surface area contributed by atoms with Gasteiger partial charge >= 0.3 is 0 Å². The Kier molecular flexibility index (Phi) is 4.47. The zero-order valence-electron chi connectivity index (χ0n) is 10.3. The largest absolute Gasteiger partial charge is 0.370 e. The van der Waals surface area contributed by atoms with Crippen molar-refractivity contribution in [3.8, 4) is 0 Å². The topological polar surface area (TPSA) is 74.2 Å². The van der Waals surface area contributed by atoms with Crippen LogP contribution in [0.5, 0.6) is 0 Å². The molecule has 0 aliphatic heterocycles. The third kappa shape index (κ3) is 3.09. The Morgan fingerprint density at radius 3 is 3.00 bits per heavy atom. The van der Waals surface area contributed by atoms with E-state index in [0.717, 1.165) is 0 Å². The Balaban J connectivity index is 2.18. The third-order valence-electron chi connectivity index (χ3n) is 2.64. The van der Waals surface area contributed by atoms with Crippen molar-refractivity contribution in [2.45, 2.75) is 12.5 Å². The first kappa shape index (κ1) is 13.9. The second-order valence-electron chi connectivity index (χ2n) is 3.90. The average Bonchev–Trinajstić information content (AvgIpc) is 2.85. The van der Waals surface area contributed by atoms with Crippen LogP contribution in [-0.2, 0) is 11.2 Å². The third-order valence-corrected chi connectivity index (χ3v) is 2.93. The predicted molar refractivity (Wildman–Crippen MR) is 67.3 cm³/mol. The van der Waals surface area contributed by atoms with Crippen molar-refractivity contribution in [1.82, 2.24) is 10.1 Å². The molecule has 1 heterocycles. The van der Waals surface area contributed by atoms with E-state index in [1.807, 2.05) is 0 Å². The number of methoxy groups -OCH3 is 1. The number of ether oxygens (including phenoxy) is 1. The summed E-state index contributed by atoms with van der Waals surface area (Å²) in [6.07, 6.45) is -0.262. The van der Waals surface area contributed by atoms with E-state index in [0.29, 0.717) is 11.4 Å². The SMILES string of the molecule is COC(CN)c1nc(Cc2cccc(Cl)c2F)no1. The molecule has 2 rings (SSSR count). The average molecular weight is 286 g/mol. The fourth-order valence-electron chi connectivity index (χ4n) is 1.62. The molecule has 0 aliphatic rings. The maximum Gasteiger partial charge on any atom is 0.257 e. The van der Waals surface area contributed by atoms with Crippen LogP contribution in [0.2, 0.25) is 5.02 Å². The molecule has 1 atom stereocenters. The van der Waals surface area contributed by atoms with E-state index in [4.69, 9.17) is 26.6 Å². The molecule has 0 saturated heterocycles. The van der Waals surface area contributed by atoms with Gasteiger partial charge in [0.2, 0.25) is 0 Å². The molecule has 0 bridgehead atoms. The zero-order chi connectivity index (χ0) is 13.8. The fraction of sp³-hybridized carbons (Fsp3) is 0.333. The van der Waals surface area contributed by atoms with Gasteiger partial charge in [-0.05, 0) is 11.6 Å². The summed E-state index contributed by atoms with van der Waals surface area (Å²) in [5, 5.41) is 3.84. The summed E-state index contributed by atoms with van der Waals surface area (Å²) in [6, 6.07) is 4.77. The standard InChI is InChI=1S/C12H13ClFN3O2/c1-18-9(6-15)12-16-10(17-19-12)5-7-3-2-4-8(13)11(7)14/h2-4,9H,5-6,15H2,1H3. The summed E-state index contributed by atoms with van der Waals surface area (Å²) in [7, 11) is 1.50. The zero-order valence-corrected chi connectivity index (χ0v) is 11.0. The maximum atomic E-state index is 13.7. The molecule has 102 valence electrons. The number of nitrogens with two attached hydrogens (primary N) is 1. The molecule has 1 aromatic heterocycles. The first-order valence-corrected chi connectivity index (χ1v) is 6.01. The number of benzene rings is 1. The lowest BCUT2D eigenvalue weighted by Gasteiger charge is -2.05. The van der Waals surface area contributed by atoms with Gasteiger partial charge in [-0.25, -0.2) is 4.39 Å². The fourth-order valence-corrected chi connectivity index (χ4v) is 1.82. The van der Waals surface area contributed by atoms with E-state index >= 15 is 0 Å². The number of aromatic nitrogens is 2. The van der Waals surface area contributed by atoms with Gasteiger partial charge in [0.15, 0.2) is 5.82 Å². The first-order chi connectivity index (χ1) is 9.15. The molecule has 2 N–H and O–H groups in total. The van der Waals surface area contributed by atoms with Crippen LogP contribution in [0, 0.1) is 5.82 Å². The second kappa shape index (κ2) is 6.10. The molecule has 5 nitrogen and oxygen atoms in total. The number of rotatable bonds is 5. The Morgan fingerprint density at radius 2 is 2.32 bits per heavy atom. The molecule has 0 aliphatic carbocycles. The highest BCUT2D eigenvalue weighted by molar-refractivity contribution is 6.30. The molecule has 1 unspecified atom stereocenters. The molecule has 0 saturated carbocycles. The molecule has 0 fully saturated rings. The van der Waals surface area contributed by atoms with E-state index in [1.54, 1.807) is 12.1 Å². The van der Waals surface area contributed by atoms with Crippen LogP contribution in [0.4, 0.5) is 4.39 Å². The summed E-state index contributed by atoms with van der Waals surface area (Å²) in [5.41, 5.74) is 5.90. The number of halogens is 2. The van der Waals surface area contributed by atoms with Gasteiger partial charge in [-0.1, -0.05) is 28.9 Å². The summed E-state index contributed by atoms with van der Waals surface area (Å²) < 4.78 is 23.8. The predicted octanol–water partition coefficient (Wildman–Crippen LogP) is 2.10. The number of nitrogens with zero attached hydrogens (tertiary/aromatic N) is 2. The summed E-state index contributed by atoms with van der Waals surface area (Å²) in [4.78, 5) is 4.13. The van der Waals surface area contributed by atoms with Crippen molar-refractivity contribution in [2.75, 3.05) is 13.7 Å². The molecule has 19 heavy (non-hydrogen) atoms. The summed E-state index contributed by atoms with van der Waals surface area (Å²) in [6.45, 7) is 0.226. The Morgan fingerprint density at radius 1 is 1.53 bits per heavy atom. The smallest absolute Gasteiger partial charge is 0.257 e. The van der Waals surface area contributed by atoms with Crippen molar-refractivity contribution >= 4 is 11.6 Å². The minimum Gasteiger partial charge on any atom is -0.370 e. The Bertz CT molecular complexity index is 558. The van der Waals surface area contributed by atoms with Crippen molar-refractivity contribution in [2.24, 2.45) is 5.73 Å². The van der Waals surface area contributed by atoms with Crippen LogP contribution in [-0.4, -0.2) is 23.8 Å². The minimum absolute atomic E-state index is 0.0675. The van der Waals surface area contributed by atoms with Gasteiger partial charge in [0.05, 0.1) is 5.02 Å². The molecule has 0 amide bonds. The number of hydrogen-bond acceptors (Lipinski definition) is 5. The van der Waals surface area contributed by atoms with E-state index in [-0.39, 0.29) is 23.9 Å². The molecular formula is C12H13ClFN3O2. The maximum absolute atomic E-state index is 13.7. The molecule has 1 aromatic carbocycles.